The number of rotatable bonds is 4. The first kappa shape index (κ1) is 17.4. The number of hydrogen-bond acceptors (Lipinski definition) is 5. The lowest BCUT2D eigenvalue weighted by molar-refractivity contribution is 0.126. The zero-order valence-electron chi connectivity index (χ0n) is 10.3. The Bertz CT molecular complexity index is 313. The van der Waals surface area contributed by atoms with Crippen molar-refractivity contribution >= 4 is 30.6 Å². The number of piperazine rings is 1. The molecule has 7 heteroatoms. The van der Waals surface area contributed by atoms with E-state index in [4.69, 9.17) is 4.74 Å². The van der Waals surface area contributed by atoms with Gasteiger partial charge in [-0.15, -0.1) is 24.8 Å². The minimum absolute atomic E-state index is 0. The molecule has 1 saturated heterocycles. The normalized spacial score (nSPS) is 19.5. The van der Waals surface area contributed by atoms with Crippen LogP contribution in [-0.4, -0.2) is 49.4 Å². The molecule has 0 aromatic carbocycles. The maximum atomic E-state index is 5.15. The molecule has 1 aliphatic rings. The second-order valence-electron chi connectivity index (χ2n) is 3.88. The molecule has 0 radical (unpaired) electrons. The monoisotopic (exact) mass is 294 g/mol. The van der Waals surface area contributed by atoms with Crippen LogP contribution < -0.4 is 10.7 Å². The molecule has 104 valence electrons. The summed E-state index contributed by atoms with van der Waals surface area (Å²) in [6.07, 6.45) is 1.79. The third kappa shape index (κ3) is 5.37. The Labute approximate surface area is 120 Å². The van der Waals surface area contributed by atoms with Crippen LogP contribution in [0.5, 0.6) is 0 Å². The van der Waals surface area contributed by atoms with Gasteiger partial charge < -0.3 is 15.5 Å². The number of hydrazine groups is 1. The fourth-order valence-electron chi connectivity index (χ4n) is 1.83. The van der Waals surface area contributed by atoms with E-state index in [2.05, 4.69) is 20.7 Å². The van der Waals surface area contributed by atoms with Crippen molar-refractivity contribution in [3.63, 3.8) is 0 Å². The summed E-state index contributed by atoms with van der Waals surface area (Å²) in [6.45, 7) is 3.59. The highest BCUT2D eigenvalue weighted by Crippen LogP contribution is 2.05. The molecule has 0 unspecified atom stereocenters. The topological polar surface area (TPSA) is 49.4 Å². The highest BCUT2D eigenvalue weighted by atomic mass is 35.5. The lowest BCUT2D eigenvalue weighted by Gasteiger charge is -2.33. The second kappa shape index (κ2) is 9.35. The standard InChI is InChI=1S/C11H18N4O.2ClH/c1-16-9-10-8-15(7-6-12-10)14-11-4-2-3-5-13-11;;/h2-5,10,12H,6-9H2,1H3,(H,13,14);2*1H/t10-;;/m1../s1. The summed E-state index contributed by atoms with van der Waals surface area (Å²) in [6, 6.07) is 6.24. The summed E-state index contributed by atoms with van der Waals surface area (Å²) in [7, 11) is 1.73. The van der Waals surface area contributed by atoms with E-state index in [-0.39, 0.29) is 24.8 Å². The van der Waals surface area contributed by atoms with Crippen molar-refractivity contribution in [3.05, 3.63) is 24.4 Å². The summed E-state index contributed by atoms with van der Waals surface area (Å²) >= 11 is 0. The molecule has 18 heavy (non-hydrogen) atoms. The summed E-state index contributed by atoms with van der Waals surface area (Å²) < 4.78 is 5.15. The lowest BCUT2D eigenvalue weighted by atomic mass is 10.2. The maximum absolute atomic E-state index is 5.15. The number of nitrogens with one attached hydrogen (secondary N) is 2. The third-order valence-electron chi connectivity index (χ3n) is 2.56. The van der Waals surface area contributed by atoms with Crippen molar-refractivity contribution in [1.29, 1.82) is 0 Å². The van der Waals surface area contributed by atoms with E-state index < -0.39 is 0 Å². The minimum atomic E-state index is 0. The van der Waals surface area contributed by atoms with Crippen LogP contribution in [0.1, 0.15) is 0 Å². The van der Waals surface area contributed by atoms with Gasteiger partial charge in [-0.2, -0.15) is 0 Å². The lowest BCUT2D eigenvalue weighted by Crippen LogP contribution is -2.54. The number of hydrogen-bond donors (Lipinski definition) is 2. The van der Waals surface area contributed by atoms with Gasteiger partial charge in [0.15, 0.2) is 0 Å². The van der Waals surface area contributed by atoms with Gasteiger partial charge in [-0.05, 0) is 12.1 Å². The van der Waals surface area contributed by atoms with E-state index in [1.54, 1.807) is 13.3 Å². The van der Waals surface area contributed by atoms with Crippen LogP contribution >= 0.6 is 24.8 Å². The molecular formula is C11H20Cl2N4O. The van der Waals surface area contributed by atoms with Crippen LogP contribution in [0, 0.1) is 0 Å². The Morgan fingerprint density at radius 1 is 1.50 bits per heavy atom. The maximum Gasteiger partial charge on any atom is 0.140 e. The van der Waals surface area contributed by atoms with Gasteiger partial charge in [0.05, 0.1) is 6.61 Å². The van der Waals surface area contributed by atoms with E-state index in [0.29, 0.717) is 6.04 Å². The number of ether oxygens (including phenoxy) is 1. The molecule has 5 nitrogen and oxygen atoms in total. The Hall–Kier alpha value is -0.590. The third-order valence-corrected chi connectivity index (χ3v) is 2.56. The molecule has 1 fully saturated rings. The summed E-state index contributed by atoms with van der Waals surface area (Å²) in [5, 5.41) is 5.58. The van der Waals surface area contributed by atoms with E-state index in [0.717, 1.165) is 32.1 Å². The predicted octanol–water partition coefficient (Wildman–Crippen LogP) is 1.17. The molecule has 1 atom stereocenters. The van der Waals surface area contributed by atoms with Crippen molar-refractivity contribution in [2.24, 2.45) is 0 Å². The molecule has 0 bridgehead atoms. The molecule has 2 rings (SSSR count). The first-order valence-corrected chi connectivity index (χ1v) is 5.53. The molecule has 0 saturated carbocycles. The fourth-order valence-corrected chi connectivity index (χ4v) is 1.83. The van der Waals surface area contributed by atoms with Gasteiger partial charge in [-0.3, -0.25) is 0 Å². The Morgan fingerprint density at radius 2 is 2.33 bits per heavy atom. The van der Waals surface area contributed by atoms with Gasteiger partial charge in [0.25, 0.3) is 0 Å². The number of anilines is 1. The highest BCUT2D eigenvalue weighted by molar-refractivity contribution is 5.85. The minimum Gasteiger partial charge on any atom is -0.383 e. The van der Waals surface area contributed by atoms with Crippen LogP contribution in [0.25, 0.3) is 0 Å². The van der Waals surface area contributed by atoms with Gasteiger partial charge in [0.2, 0.25) is 0 Å². The average Bonchev–Trinajstić information content (AvgIpc) is 2.31. The van der Waals surface area contributed by atoms with Crippen molar-refractivity contribution in [2.75, 3.05) is 38.8 Å². The first-order valence-electron chi connectivity index (χ1n) is 5.53. The number of nitrogens with zero attached hydrogens (tertiary/aromatic N) is 2. The van der Waals surface area contributed by atoms with Gasteiger partial charge in [0.1, 0.15) is 5.82 Å². The SMILES string of the molecule is COC[C@H]1CN(Nc2ccccn2)CCN1.Cl.Cl. The Morgan fingerprint density at radius 3 is 3.00 bits per heavy atom. The molecule has 2 heterocycles. The highest BCUT2D eigenvalue weighted by Gasteiger charge is 2.18. The van der Waals surface area contributed by atoms with Gasteiger partial charge in [-0.25, -0.2) is 9.99 Å². The molecule has 0 spiro atoms. The second-order valence-corrected chi connectivity index (χ2v) is 3.88. The number of methoxy groups -OCH3 is 1. The number of aromatic nitrogens is 1. The average molecular weight is 295 g/mol. The van der Waals surface area contributed by atoms with Crippen LogP contribution in [0.2, 0.25) is 0 Å². The summed E-state index contributed by atoms with van der Waals surface area (Å²) in [4.78, 5) is 4.24. The molecule has 0 aliphatic carbocycles. The van der Waals surface area contributed by atoms with Gasteiger partial charge in [-0.1, -0.05) is 6.07 Å². The molecule has 1 aromatic rings. The smallest absolute Gasteiger partial charge is 0.140 e. The van der Waals surface area contributed by atoms with Crippen molar-refractivity contribution in [1.82, 2.24) is 15.3 Å². The first-order chi connectivity index (χ1) is 7.88. The fraction of sp³-hybridized carbons (Fsp3) is 0.545. The van der Waals surface area contributed by atoms with Crippen LogP contribution in [0.4, 0.5) is 5.82 Å². The molecule has 1 aromatic heterocycles. The van der Waals surface area contributed by atoms with Gasteiger partial charge >= 0.3 is 0 Å². The Balaban J connectivity index is 0.00000144. The van der Waals surface area contributed by atoms with E-state index in [1.165, 1.54) is 0 Å². The van der Waals surface area contributed by atoms with Crippen LogP contribution in [-0.2, 0) is 4.74 Å². The quantitative estimate of drug-likeness (QED) is 0.873. The summed E-state index contributed by atoms with van der Waals surface area (Å²) in [5.74, 6) is 0.889. The molecular weight excluding hydrogens is 275 g/mol. The Kier molecular flexibility index (Phi) is 9.05. The molecule has 0 amide bonds. The van der Waals surface area contributed by atoms with E-state index >= 15 is 0 Å². The zero-order valence-corrected chi connectivity index (χ0v) is 12.0. The zero-order chi connectivity index (χ0) is 11.2. The van der Waals surface area contributed by atoms with Crippen LogP contribution in [0.15, 0.2) is 24.4 Å². The van der Waals surface area contributed by atoms with Crippen LogP contribution in [0.3, 0.4) is 0 Å². The van der Waals surface area contributed by atoms with Crippen molar-refractivity contribution in [2.45, 2.75) is 6.04 Å². The van der Waals surface area contributed by atoms with E-state index in [1.807, 2.05) is 18.2 Å². The number of pyridine rings is 1. The van der Waals surface area contributed by atoms with E-state index in [9.17, 15) is 0 Å². The predicted molar refractivity (Wildman–Crippen MR) is 77.6 cm³/mol. The summed E-state index contributed by atoms with van der Waals surface area (Å²) in [5.41, 5.74) is 3.30. The molecule has 2 N–H and O–H groups in total. The molecule has 1 aliphatic heterocycles. The van der Waals surface area contributed by atoms with Crippen molar-refractivity contribution < 1.29 is 4.74 Å². The van der Waals surface area contributed by atoms with Crippen molar-refractivity contribution in [3.8, 4) is 0 Å². The van der Waals surface area contributed by atoms with Gasteiger partial charge in [0, 0.05) is 39.0 Å². The number of halogens is 2. The largest absolute Gasteiger partial charge is 0.383 e.